The quantitative estimate of drug-likeness (QED) is 0.823. The third-order valence-electron chi connectivity index (χ3n) is 4.89. The number of fused-ring (bicyclic) bond motifs is 1. The fourth-order valence-electron chi connectivity index (χ4n) is 3.46. The van der Waals surface area contributed by atoms with E-state index in [1.807, 2.05) is 19.1 Å². The normalized spacial score (nSPS) is 17.9. The fraction of sp³-hybridized carbons (Fsp3) is 0.450. The first-order valence-corrected chi connectivity index (χ1v) is 9.75. The van der Waals surface area contributed by atoms with Gasteiger partial charge in [0.05, 0.1) is 24.3 Å². The molecule has 2 aromatic rings. The molecule has 4 rings (SSSR count). The molecule has 2 aliphatic heterocycles. The maximum Gasteiger partial charge on any atom is 0.251 e. The highest BCUT2D eigenvalue weighted by Gasteiger charge is 2.26. The zero-order chi connectivity index (χ0) is 19.5. The van der Waals surface area contributed by atoms with E-state index in [-0.39, 0.29) is 11.9 Å². The molecule has 1 aromatic carbocycles. The molecule has 8 heteroatoms. The number of nitrogens with zero attached hydrogens (tertiary/aromatic N) is 1. The minimum absolute atomic E-state index is 0.0609. The van der Waals surface area contributed by atoms with Gasteiger partial charge < -0.3 is 23.9 Å². The van der Waals surface area contributed by atoms with Crippen LogP contribution in [-0.4, -0.2) is 56.9 Å². The smallest absolute Gasteiger partial charge is 0.251 e. The van der Waals surface area contributed by atoms with Crippen molar-refractivity contribution < 1.29 is 23.4 Å². The van der Waals surface area contributed by atoms with Crippen LogP contribution in [0.2, 0.25) is 5.02 Å². The van der Waals surface area contributed by atoms with Crippen molar-refractivity contribution in [1.82, 2.24) is 10.2 Å². The largest absolute Gasteiger partial charge is 0.486 e. The predicted molar refractivity (Wildman–Crippen MR) is 103 cm³/mol. The second-order valence-electron chi connectivity index (χ2n) is 6.80. The molecule has 1 amide bonds. The van der Waals surface area contributed by atoms with Crippen molar-refractivity contribution in [2.24, 2.45) is 0 Å². The molecule has 1 N–H and O–H groups in total. The van der Waals surface area contributed by atoms with E-state index < -0.39 is 0 Å². The number of aryl methyl sites for hydroxylation is 1. The Morgan fingerprint density at radius 3 is 2.71 bits per heavy atom. The zero-order valence-corrected chi connectivity index (χ0v) is 16.5. The van der Waals surface area contributed by atoms with Crippen molar-refractivity contribution >= 4 is 17.5 Å². The van der Waals surface area contributed by atoms with Crippen LogP contribution in [-0.2, 0) is 4.74 Å². The van der Waals surface area contributed by atoms with Gasteiger partial charge in [-0.05, 0) is 31.2 Å². The summed E-state index contributed by atoms with van der Waals surface area (Å²) in [4.78, 5) is 15.0. The summed E-state index contributed by atoms with van der Waals surface area (Å²) in [6, 6.07) is 7.10. The molecule has 0 bridgehead atoms. The standard InChI is InChI=1S/C20H23ClN2O5/c1-13-2-3-17(28-13)16(23-4-6-25-7-5-23)12-22-20(24)14-10-15(21)19-18(11-14)26-8-9-27-19/h2-3,10-11,16H,4-9,12H2,1H3,(H,22,24). The Morgan fingerprint density at radius 2 is 1.96 bits per heavy atom. The number of carbonyl (C=O) groups is 1. The molecule has 1 saturated heterocycles. The average Bonchev–Trinajstić information content (AvgIpc) is 3.15. The maximum absolute atomic E-state index is 12.8. The van der Waals surface area contributed by atoms with Crippen molar-refractivity contribution in [1.29, 1.82) is 0 Å². The van der Waals surface area contributed by atoms with Crippen LogP contribution in [0.5, 0.6) is 11.5 Å². The fourth-order valence-corrected chi connectivity index (χ4v) is 3.73. The molecule has 0 aliphatic carbocycles. The number of furan rings is 1. The predicted octanol–water partition coefficient (Wildman–Crippen LogP) is 2.82. The van der Waals surface area contributed by atoms with E-state index in [0.717, 1.165) is 24.6 Å². The average molecular weight is 407 g/mol. The highest BCUT2D eigenvalue weighted by Crippen LogP contribution is 2.38. The number of rotatable bonds is 5. The Bertz CT molecular complexity index is 847. The molecule has 150 valence electrons. The van der Waals surface area contributed by atoms with Crippen molar-refractivity contribution in [2.75, 3.05) is 46.1 Å². The van der Waals surface area contributed by atoms with Crippen molar-refractivity contribution in [3.63, 3.8) is 0 Å². The minimum Gasteiger partial charge on any atom is -0.486 e. The van der Waals surface area contributed by atoms with Crippen LogP contribution in [0.4, 0.5) is 0 Å². The third kappa shape index (κ3) is 4.11. The summed E-state index contributed by atoms with van der Waals surface area (Å²) in [5.74, 6) is 2.44. The molecule has 0 radical (unpaired) electrons. The van der Waals surface area contributed by atoms with Crippen LogP contribution in [0.3, 0.4) is 0 Å². The molecule has 2 aliphatic rings. The monoisotopic (exact) mass is 406 g/mol. The SMILES string of the molecule is Cc1ccc(C(CNC(=O)c2cc(Cl)c3c(c2)OCCO3)N2CCOCC2)o1. The van der Waals surface area contributed by atoms with Crippen LogP contribution in [0, 0.1) is 6.92 Å². The summed E-state index contributed by atoms with van der Waals surface area (Å²) in [6.07, 6.45) is 0. The van der Waals surface area contributed by atoms with E-state index in [2.05, 4.69) is 10.2 Å². The van der Waals surface area contributed by atoms with E-state index in [0.29, 0.717) is 55.1 Å². The lowest BCUT2D eigenvalue weighted by atomic mass is 10.1. The second kappa shape index (κ2) is 8.43. The number of benzene rings is 1. The molecule has 3 heterocycles. The van der Waals surface area contributed by atoms with Gasteiger partial charge in [0.25, 0.3) is 5.91 Å². The molecule has 0 spiro atoms. The Balaban J connectivity index is 1.49. The molecule has 28 heavy (non-hydrogen) atoms. The highest BCUT2D eigenvalue weighted by molar-refractivity contribution is 6.32. The molecular weight excluding hydrogens is 384 g/mol. The van der Waals surface area contributed by atoms with Crippen LogP contribution in [0.25, 0.3) is 0 Å². The summed E-state index contributed by atoms with van der Waals surface area (Å²) in [7, 11) is 0. The maximum atomic E-state index is 12.8. The molecule has 7 nitrogen and oxygen atoms in total. The number of hydrogen-bond acceptors (Lipinski definition) is 6. The van der Waals surface area contributed by atoms with Crippen LogP contribution >= 0.6 is 11.6 Å². The van der Waals surface area contributed by atoms with Gasteiger partial charge in [0, 0.05) is 25.2 Å². The molecule has 1 atom stereocenters. The summed E-state index contributed by atoms with van der Waals surface area (Å²) < 4.78 is 22.4. The number of halogens is 1. The first-order chi connectivity index (χ1) is 13.6. The minimum atomic E-state index is -0.222. The van der Waals surface area contributed by atoms with Gasteiger partial charge in [-0.2, -0.15) is 0 Å². The Labute approximate surface area is 168 Å². The topological polar surface area (TPSA) is 73.2 Å². The second-order valence-corrected chi connectivity index (χ2v) is 7.21. The van der Waals surface area contributed by atoms with Crippen LogP contribution < -0.4 is 14.8 Å². The van der Waals surface area contributed by atoms with E-state index in [1.54, 1.807) is 12.1 Å². The summed E-state index contributed by atoms with van der Waals surface area (Å²) in [5.41, 5.74) is 0.436. The number of carbonyl (C=O) groups excluding carboxylic acids is 1. The molecule has 1 unspecified atom stereocenters. The van der Waals surface area contributed by atoms with Gasteiger partial charge in [-0.3, -0.25) is 9.69 Å². The van der Waals surface area contributed by atoms with Gasteiger partial charge in [-0.1, -0.05) is 11.6 Å². The lowest BCUT2D eigenvalue weighted by Gasteiger charge is -2.33. The number of amides is 1. The van der Waals surface area contributed by atoms with E-state index in [9.17, 15) is 4.79 Å². The lowest BCUT2D eigenvalue weighted by Crippen LogP contribution is -2.43. The van der Waals surface area contributed by atoms with Gasteiger partial charge in [0.15, 0.2) is 11.5 Å². The highest BCUT2D eigenvalue weighted by atomic mass is 35.5. The van der Waals surface area contributed by atoms with Gasteiger partial charge in [0.1, 0.15) is 24.7 Å². The Hall–Kier alpha value is -2.22. The summed E-state index contributed by atoms with van der Waals surface area (Å²) >= 11 is 6.25. The van der Waals surface area contributed by atoms with E-state index in [1.165, 1.54) is 0 Å². The van der Waals surface area contributed by atoms with Gasteiger partial charge in [-0.15, -0.1) is 0 Å². The first kappa shape index (κ1) is 19.1. The Kier molecular flexibility index (Phi) is 5.75. The number of morpholine rings is 1. The molecular formula is C20H23ClN2O5. The molecule has 1 aromatic heterocycles. The van der Waals surface area contributed by atoms with Gasteiger partial charge >= 0.3 is 0 Å². The van der Waals surface area contributed by atoms with Gasteiger partial charge in [0.2, 0.25) is 0 Å². The number of ether oxygens (including phenoxy) is 3. The zero-order valence-electron chi connectivity index (χ0n) is 15.7. The first-order valence-electron chi connectivity index (χ1n) is 9.37. The number of nitrogens with one attached hydrogen (secondary N) is 1. The number of hydrogen-bond donors (Lipinski definition) is 1. The summed E-state index contributed by atoms with van der Waals surface area (Å²) in [5, 5.41) is 3.37. The van der Waals surface area contributed by atoms with E-state index in [4.69, 9.17) is 30.2 Å². The van der Waals surface area contributed by atoms with Crippen molar-refractivity contribution in [2.45, 2.75) is 13.0 Å². The lowest BCUT2D eigenvalue weighted by molar-refractivity contribution is 0.0117. The Morgan fingerprint density at radius 1 is 1.18 bits per heavy atom. The molecule has 1 fully saturated rings. The van der Waals surface area contributed by atoms with Crippen molar-refractivity contribution in [3.05, 3.63) is 46.4 Å². The van der Waals surface area contributed by atoms with Crippen LogP contribution in [0.1, 0.15) is 27.9 Å². The molecule has 0 saturated carbocycles. The summed E-state index contributed by atoms with van der Waals surface area (Å²) in [6.45, 7) is 6.12. The van der Waals surface area contributed by atoms with Gasteiger partial charge in [-0.25, -0.2) is 0 Å². The van der Waals surface area contributed by atoms with E-state index >= 15 is 0 Å². The van der Waals surface area contributed by atoms with Crippen molar-refractivity contribution in [3.8, 4) is 11.5 Å². The van der Waals surface area contributed by atoms with Crippen LogP contribution in [0.15, 0.2) is 28.7 Å². The third-order valence-corrected chi connectivity index (χ3v) is 5.17.